The fourth-order valence-corrected chi connectivity index (χ4v) is 2.05. The summed E-state index contributed by atoms with van der Waals surface area (Å²) in [5.74, 6) is -0.0179. The van der Waals surface area contributed by atoms with Crippen molar-refractivity contribution in [3.05, 3.63) is 30.5 Å². The zero-order chi connectivity index (χ0) is 13.8. The Morgan fingerprint density at radius 2 is 2.21 bits per heavy atom. The van der Waals surface area contributed by atoms with E-state index in [0.717, 1.165) is 16.6 Å². The lowest BCUT2D eigenvalue weighted by molar-refractivity contribution is -0.119. The lowest BCUT2D eigenvalue weighted by Crippen LogP contribution is -2.35. The van der Waals surface area contributed by atoms with Crippen molar-refractivity contribution >= 4 is 28.2 Å². The number of amides is 1. The third kappa shape index (κ3) is 2.76. The fraction of sp³-hybridized carbons (Fsp3) is 0.286. The predicted molar refractivity (Wildman–Crippen MR) is 78.1 cm³/mol. The SMILES string of the molecule is CCNC(=O)CN(C)c1ccc2ncccc2c1N. The highest BCUT2D eigenvalue weighted by Gasteiger charge is 2.11. The number of carbonyl (C=O) groups excluding carboxylic acids is 1. The molecule has 0 unspecified atom stereocenters. The smallest absolute Gasteiger partial charge is 0.239 e. The molecule has 0 radical (unpaired) electrons. The van der Waals surface area contributed by atoms with Gasteiger partial charge in [0.2, 0.25) is 5.91 Å². The molecule has 1 aromatic heterocycles. The molecule has 0 saturated carbocycles. The number of fused-ring (bicyclic) bond motifs is 1. The minimum Gasteiger partial charge on any atom is -0.396 e. The minimum absolute atomic E-state index is 0.0179. The van der Waals surface area contributed by atoms with Crippen LogP contribution < -0.4 is 16.0 Å². The van der Waals surface area contributed by atoms with Gasteiger partial charge in [-0.2, -0.15) is 0 Å². The molecule has 1 aromatic carbocycles. The van der Waals surface area contributed by atoms with Crippen LogP contribution in [0.5, 0.6) is 0 Å². The number of nitrogens with zero attached hydrogens (tertiary/aromatic N) is 2. The number of hydrogen-bond donors (Lipinski definition) is 2. The third-order valence-corrected chi connectivity index (χ3v) is 2.97. The maximum Gasteiger partial charge on any atom is 0.239 e. The summed E-state index contributed by atoms with van der Waals surface area (Å²) in [5.41, 5.74) is 8.50. The van der Waals surface area contributed by atoms with Gasteiger partial charge in [0.05, 0.1) is 23.4 Å². The van der Waals surface area contributed by atoms with Gasteiger partial charge in [0.15, 0.2) is 0 Å². The maximum atomic E-state index is 11.6. The second-order valence-electron chi connectivity index (χ2n) is 4.38. The highest BCUT2D eigenvalue weighted by Crippen LogP contribution is 2.29. The standard InChI is InChI=1S/C14H18N4O/c1-3-16-13(19)9-18(2)12-7-6-11-10(14(12)15)5-4-8-17-11/h4-8H,3,9,15H2,1-2H3,(H,16,19). The van der Waals surface area contributed by atoms with Crippen LogP contribution in [-0.4, -0.2) is 31.0 Å². The van der Waals surface area contributed by atoms with Gasteiger partial charge in [0.1, 0.15) is 0 Å². The summed E-state index contributed by atoms with van der Waals surface area (Å²) < 4.78 is 0. The van der Waals surface area contributed by atoms with E-state index in [2.05, 4.69) is 10.3 Å². The Morgan fingerprint density at radius 1 is 1.42 bits per heavy atom. The number of nitrogen functional groups attached to an aromatic ring is 1. The molecule has 3 N–H and O–H groups in total. The Bertz CT molecular complexity index is 597. The molecule has 2 rings (SSSR count). The van der Waals surface area contributed by atoms with Gasteiger partial charge in [-0.3, -0.25) is 9.78 Å². The molecule has 1 heterocycles. The van der Waals surface area contributed by atoms with E-state index in [9.17, 15) is 4.79 Å². The van der Waals surface area contributed by atoms with Crippen LogP contribution in [-0.2, 0) is 4.79 Å². The number of hydrogen-bond acceptors (Lipinski definition) is 4. The van der Waals surface area contributed by atoms with Gasteiger partial charge in [0.25, 0.3) is 0 Å². The lowest BCUT2D eigenvalue weighted by Gasteiger charge is -2.21. The molecule has 1 amide bonds. The Balaban J connectivity index is 2.29. The molecule has 5 nitrogen and oxygen atoms in total. The van der Waals surface area contributed by atoms with Gasteiger partial charge >= 0.3 is 0 Å². The number of pyridine rings is 1. The van der Waals surface area contributed by atoms with Crippen LogP contribution in [0.4, 0.5) is 11.4 Å². The van der Waals surface area contributed by atoms with Crippen LogP contribution in [0.3, 0.4) is 0 Å². The molecule has 0 aliphatic heterocycles. The van der Waals surface area contributed by atoms with Crippen molar-refractivity contribution in [3.63, 3.8) is 0 Å². The molecule has 0 bridgehead atoms. The maximum absolute atomic E-state index is 11.6. The zero-order valence-electron chi connectivity index (χ0n) is 11.2. The van der Waals surface area contributed by atoms with Crippen molar-refractivity contribution in [3.8, 4) is 0 Å². The lowest BCUT2D eigenvalue weighted by atomic mass is 10.1. The summed E-state index contributed by atoms with van der Waals surface area (Å²) in [7, 11) is 1.85. The van der Waals surface area contributed by atoms with Gasteiger partial charge in [-0.1, -0.05) is 0 Å². The molecule has 0 aliphatic rings. The Kier molecular flexibility index (Phi) is 3.85. The first-order valence-corrected chi connectivity index (χ1v) is 6.24. The van der Waals surface area contributed by atoms with E-state index < -0.39 is 0 Å². The van der Waals surface area contributed by atoms with Crippen molar-refractivity contribution in [2.45, 2.75) is 6.92 Å². The van der Waals surface area contributed by atoms with Crippen molar-refractivity contribution < 1.29 is 4.79 Å². The Hall–Kier alpha value is -2.30. The van der Waals surface area contributed by atoms with Crippen molar-refractivity contribution in [1.82, 2.24) is 10.3 Å². The van der Waals surface area contributed by atoms with E-state index in [4.69, 9.17) is 5.73 Å². The van der Waals surface area contributed by atoms with Crippen molar-refractivity contribution in [2.24, 2.45) is 0 Å². The van der Waals surface area contributed by atoms with Crippen molar-refractivity contribution in [1.29, 1.82) is 0 Å². The number of nitrogens with two attached hydrogens (primary N) is 1. The van der Waals surface area contributed by atoms with Gasteiger partial charge in [-0.25, -0.2) is 0 Å². The molecule has 2 aromatic rings. The number of nitrogens with one attached hydrogen (secondary N) is 1. The minimum atomic E-state index is -0.0179. The van der Waals surface area contributed by atoms with Crippen LogP contribution >= 0.6 is 0 Å². The summed E-state index contributed by atoms with van der Waals surface area (Å²) in [6, 6.07) is 7.59. The van der Waals surface area contributed by atoms with Crippen LogP contribution in [0, 0.1) is 0 Å². The first-order valence-electron chi connectivity index (χ1n) is 6.24. The average molecular weight is 258 g/mol. The average Bonchev–Trinajstić information content (AvgIpc) is 2.39. The summed E-state index contributed by atoms with van der Waals surface area (Å²) in [4.78, 5) is 17.7. The van der Waals surface area contributed by atoms with Crippen molar-refractivity contribution in [2.75, 3.05) is 30.8 Å². The van der Waals surface area contributed by atoms with E-state index in [1.165, 1.54) is 0 Å². The van der Waals surface area contributed by atoms with Gasteiger partial charge < -0.3 is 16.0 Å². The molecule has 19 heavy (non-hydrogen) atoms. The third-order valence-electron chi connectivity index (χ3n) is 2.97. The summed E-state index contributed by atoms with van der Waals surface area (Å²) in [6.07, 6.45) is 1.74. The van der Waals surface area contributed by atoms with Gasteiger partial charge in [-0.15, -0.1) is 0 Å². The monoisotopic (exact) mass is 258 g/mol. The number of rotatable bonds is 4. The molecule has 100 valence electrons. The van der Waals surface area contributed by atoms with Gasteiger partial charge in [-0.05, 0) is 31.2 Å². The predicted octanol–water partition coefficient (Wildman–Crippen LogP) is 1.39. The molecule has 5 heteroatoms. The Labute approximate surface area is 112 Å². The van der Waals surface area contributed by atoms with Crippen LogP contribution in [0.1, 0.15) is 6.92 Å². The van der Waals surface area contributed by atoms with E-state index in [0.29, 0.717) is 12.2 Å². The largest absolute Gasteiger partial charge is 0.396 e. The molecule has 0 atom stereocenters. The molecule has 0 spiro atoms. The van der Waals surface area contributed by atoms with Crippen LogP contribution in [0.2, 0.25) is 0 Å². The zero-order valence-corrected chi connectivity index (χ0v) is 11.2. The first kappa shape index (κ1) is 13.1. The van der Waals surface area contributed by atoms with E-state index in [1.54, 1.807) is 6.20 Å². The first-order chi connectivity index (χ1) is 9.13. The summed E-state index contributed by atoms with van der Waals surface area (Å²) in [5, 5.41) is 3.67. The number of aromatic nitrogens is 1. The molecular formula is C14H18N4O. The van der Waals surface area contributed by atoms with E-state index in [1.807, 2.05) is 43.1 Å². The van der Waals surface area contributed by atoms with E-state index >= 15 is 0 Å². The highest BCUT2D eigenvalue weighted by atomic mass is 16.2. The molecule has 0 fully saturated rings. The number of anilines is 2. The molecule has 0 saturated heterocycles. The number of carbonyl (C=O) groups is 1. The molecular weight excluding hydrogens is 240 g/mol. The normalized spacial score (nSPS) is 10.4. The molecule has 0 aliphatic carbocycles. The highest BCUT2D eigenvalue weighted by molar-refractivity contribution is 5.97. The van der Waals surface area contributed by atoms with E-state index in [-0.39, 0.29) is 12.5 Å². The number of benzene rings is 1. The number of likely N-dealkylation sites (N-methyl/N-ethyl adjacent to an activating group) is 2. The van der Waals surface area contributed by atoms with Gasteiger partial charge in [0, 0.05) is 25.2 Å². The second-order valence-corrected chi connectivity index (χ2v) is 4.38. The second kappa shape index (κ2) is 5.56. The quantitative estimate of drug-likeness (QED) is 0.813. The van der Waals surface area contributed by atoms with Crippen LogP contribution in [0.25, 0.3) is 10.9 Å². The fourth-order valence-electron chi connectivity index (χ4n) is 2.05. The van der Waals surface area contributed by atoms with Crippen LogP contribution in [0.15, 0.2) is 30.5 Å². The Morgan fingerprint density at radius 3 is 2.95 bits per heavy atom. The summed E-state index contributed by atoms with van der Waals surface area (Å²) >= 11 is 0. The topological polar surface area (TPSA) is 71.2 Å². The summed E-state index contributed by atoms with van der Waals surface area (Å²) in [6.45, 7) is 2.81.